The molecule has 6 N–H and O–H groups in total. The van der Waals surface area contributed by atoms with Crippen LogP contribution in [-0.2, 0) is 9.53 Å². The van der Waals surface area contributed by atoms with Crippen molar-refractivity contribution < 1.29 is 19.7 Å². The number of hydrogen-bond donors (Lipinski definition) is 5. The van der Waals surface area contributed by atoms with E-state index in [1.54, 1.807) is 0 Å². The zero-order valence-electron chi connectivity index (χ0n) is 8.06. The van der Waals surface area contributed by atoms with E-state index >= 15 is 0 Å². The van der Waals surface area contributed by atoms with Crippen LogP contribution in [0.3, 0.4) is 0 Å². The average molecular weight is 207 g/mol. The van der Waals surface area contributed by atoms with Crippen LogP contribution < -0.4 is 16.4 Å². The molecule has 0 aromatic heterocycles. The van der Waals surface area contributed by atoms with Crippen LogP contribution >= 0.6 is 0 Å². The second kappa shape index (κ2) is 7.65. The lowest BCUT2D eigenvalue weighted by Gasteiger charge is -2.15. The van der Waals surface area contributed by atoms with Gasteiger partial charge < -0.3 is 26.0 Å². The minimum Gasteiger partial charge on any atom is -0.377 e. The first-order valence-corrected chi connectivity index (χ1v) is 4.19. The molecule has 0 aliphatic heterocycles. The van der Waals surface area contributed by atoms with E-state index in [0.29, 0.717) is 0 Å². The van der Waals surface area contributed by atoms with E-state index < -0.39 is 12.5 Å². The van der Waals surface area contributed by atoms with E-state index in [1.807, 2.05) is 0 Å². The van der Waals surface area contributed by atoms with Gasteiger partial charge in [0.2, 0.25) is 5.91 Å². The second-order valence-electron chi connectivity index (χ2n) is 2.62. The molecule has 0 saturated heterocycles. The number of aliphatic hydroxyl groups excluding tert-OH is 2. The van der Waals surface area contributed by atoms with E-state index in [9.17, 15) is 9.90 Å². The zero-order valence-corrected chi connectivity index (χ0v) is 8.06. The molecule has 0 aromatic carbocycles. The summed E-state index contributed by atoms with van der Waals surface area (Å²) in [5, 5.41) is 23.0. The van der Waals surface area contributed by atoms with Gasteiger partial charge in [-0.1, -0.05) is 0 Å². The van der Waals surface area contributed by atoms with Crippen molar-refractivity contribution in [3.63, 3.8) is 0 Å². The van der Waals surface area contributed by atoms with Crippen LogP contribution in [0.4, 0.5) is 0 Å². The van der Waals surface area contributed by atoms with Crippen LogP contribution in [0.15, 0.2) is 0 Å². The number of nitrogens with two attached hydrogens (primary N) is 1. The van der Waals surface area contributed by atoms with Gasteiger partial charge in [0, 0.05) is 13.7 Å². The summed E-state index contributed by atoms with van der Waals surface area (Å²) in [6.07, 6.45) is -1.91. The highest BCUT2D eigenvalue weighted by atomic mass is 16.6. The number of hydrogen-bond acceptors (Lipinski definition) is 6. The van der Waals surface area contributed by atoms with E-state index in [2.05, 4.69) is 15.4 Å². The standard InChI is InChI=1S/C7H17N3O4/c1-14-7(13)4-10-6(12)3-9-5(11)2-8/h6-7,10,12-13H,2-4,8H2,1H3,(H,9,11). The van der Waals surface area contributed by atoms with Crippen molar-refractivity contribution in [2.45, 2.75) is 12.5 Å². The molecule has 0 radical (unpaired) electrons. The summed E-state index contributed by atoms with van der Waals surface area (Å²) in [5.74, 6) is -0.349. The lowest BCUT2D eigenvalue weighted by molar-refractivity contribution is -0.120. The van der Waals surface area contributed by atoms with Gasteiger partial charge in [-0.25, -0.2) is 0 Å². The fourth-order valence-electron chi connectivity index (χ4n) is 0.675. The predicted molar refractivity (Wildman–Crippen MR) is 49.1 cm³/mol. The Morgan fingerprint density at radius 1 is 1.50 bits per heavy atom. The Labute approximate surface area is 82.2 Å². The Morgan fingerprint density at radius 3 is 2.64 bits per heavy atom. The van der Waals surface area contributed by atoms with E-state index in [0.717, 1.165) is 0 Å². The average Bonchev–Trinajstić information content (AvgIpc) is 2.22. The first-order chi connectivity index (χ1) is 6.60. The SMILES string of the molecule is COC(O)CNC(O)CNC(=O)CN. The van der Waals surface area contributed by atoms with Crippen LogP contribution in [0.5, 0.6) is 0 Å². The zero-order chi connectivity index (χ0) is 11.0. The van der Waals surface area contributed by atoms with Gasteiger partial charge in [0.05, 0.1) is 13.1 Å². The summed E-state index contributed by atoms with van der Waals surface area (Å²) in [6, 6.07) is 0. The molecule has 0 heterocycles. The van der Waals surface area contributed by atoms with Crippen molar-refractivity contribution in [1.82, 2.24) is 10.6 Å². The third kappa shape index (κ3) is 6.75. The van der Waals surface area contributed by atoms with Gasteiger partial charge in [0.25, 0.3) is 0 Å². The van der Waals surface area contributed by atoms with Crippen LogP contribution in [0.2, 0.25) is 0 Å². The highest BCUT2D eigenvalue weighted by Crippen LogP contribution is 1.81. The van der Waals surface area contributed by atoms with Gasteiger partial charge in [-0.15, -0.1) is 0 Å². The minimum atomic E-state index is -0.977. The topological polar surface area (TPSA) is 117 Å². The Morgan fingerprint density at radius 2 is 2.14 bits per heavy atom. The molecule has 84 valence electrons. The third-order valence-electron chi connectivity index (χ3n) is 1.48. The lowest BCUT2D eigenvalue weighted by Crippen LogP contribution is -2.45. The number of nitrogens with one attached hydrogen (secondary N) is 2. The highest BCUT2D eigenvalue weighted by molar-refractivity contribution is 5.77. The molecule has 0 aromatic rings. The van der Waals surface area contributed by atoms with Gasteiger partial charge in [-0.2, -0.15) is 0 Å². The Kier molecular flexibility index (Phi) is 7.25. The van der Waals surface area contributed by atoms with Crippen molar-refractivity contribution in [2.24, 2.45) is 5.73 Å². The molecule has 2 unspecified atom stereocenters. The normalized spacial score (nSPS) is 14.9. The molecule has 0 saturated carbocycles. The molecule has 7 heteroatoms. The second-order valence-corrected chi connectivity index (χ2v) is 2.62. The van der Waals surface area contributed by atoms with Gasteiger partial charge >= 0.3 is 0 Å². The molecular weight excluding hydrogens is 190 g/mol. The number of ether oxygens (including phenoxy) is 1. The van der Waals surface area contributed by atoms with E-state index in [1.165, 1.54) is 7.11 Å². The summed E-state index contributed by atoms with van der Waals surface area (Å²) in [4.78, 5) is 10.7. The number of amides is 1. The maximum Gasteiger partial charge on any atom is 0.233 e. The van der Waals surface area contributed by atoms with Gasteiger partial charge in [-0.05, 0) is 0 Å². The summed E-state index contributed by atoms with van der Waals surface area (Å²) in [5.41, 5.74) is 5.03. The first-order valence-electron chi connectivity index (χ1n) is 4.19. The monoisotopic (exact) mass is 207 g/mol. The van der Waals surface area contributed by atoms with Crippen LogP contribution in [0.25, 0.3) is 0 Å². The molecular formula is C7H17N3O4. The molecule has 0 aliphatic carbocycles. The molecule has 0 spiro atoms. The summed E-state index contributed by atoms with van der Waals surface area (Å²) >= 11 is 0. The largest absolute Gasteiger partial charge is 0.377 e. The first kappa shape index (κ1) is 13.3. The number of methoxy groups -OCH3 is 1. The maximum absolute atomic E-state index is 10.7. The number of carbonyl (C=O) groups is 1. The van der Waals surface area contributed by atoms with Gasteiger partial charge in [0.1, 0.15) is 6.23 Å². The highest BCUT2D eigenvalue weighted by Gasteiger charge is 2.07. The van der Waals surface area contributed by atoms with Crippen molar-refractivity contribution in [3.05, 3.63) is 0 Å². The Bertz CT molecular complexity index is 167. The quantitative estimate of drug-likeness (QED) is 0.283. The van der Waals surface area contributed by atoms with Crippen molar-refractivity contribution in [1.29, 1.82) is 0 Å². The Balaban J connectivity index is 3.45. The molecule has 0 fully saturated rings. The van der Waals surface area contributed by atoms with E-state index in [4.69, 9.17) is 10.8 Å². The minimum absolute atomic E-state index is 0.0342. The summed E-state index contributed by atoms with van der Waals surface area (Å²) < 4.78 is 4.52. The van der Waals surface area contributed by atoms with Gasteiger partial charge in [0.15, 0.2) is 6.29 Å². The van der Waals surface area contributed by atoms with Crippen molar-refractivity contribution >= 4 is 5.91 Å². The van der Waals surface area contributed by atoms with Crippen LogP contribution in [0, 0.1) is 0 Å². The van der Waals surface area contributed by atoms with Crippen LogP contribution in [0.1, 0.15) is 0 Å². The smallest absolute Gasteiger partial charge is 0.233 e. The van der Waals surface area contributed by atoms with Gasteiger partial charge in [-0.3, -0.25) is 10.1 Å². The number of carbonyl (C=O) groups excluding carboxylic acids is 1. The molecule has 1 amide bonds. The number of aliphatic hydroxyl groups is 2. The molecule has 0 rings (SSSR count). The van der Waals surface area contributed by atoms with Crippen molar-refractivity contribution in [3.8, 4) is 0 Å². The maximum atomic E-state index is 10.7. The molecule has 0 bridgehead atoms. The third-order valence-corrected chi connectivity index (χ3v) is 1.48. The summed E-state index contributed by atoms with van der Waals surface area (Å²) in [6.45, 7) is -0.00392. The molecule has 7 nitrogen and oxygen atoms in total. The molecule has 14 heavy (non-hydrogen) atoms. The van der Waals surface area contributed by atoms with E-state index in [-0.39, 0.29) is 25.5 Å². The molecule has 0 aliphatic rings. The fraction of sp³-hybridized carbons (Fsp3) is 0.857. The summed E-state index contributed by atoms with van der Waals surface area (Å²) in [7, 11) is 1.34. The number of rotatable bonds is 7. The lowest BCUT2D eigenvalue weighted by atomic mass is 10.4. The predicted octanol–water partition coefficient (Wildman–Crippen LogP) is -3.07. The van der Waals surface area contributed by atoms with Crippen LogP contribution in [-0.4, -0.2) is 55.4 Å². The molecule has 2 atom stereocenters. The van der Waals surface area contributed by atoms with Crippen molar-refractivity contribution in [2.75, 3.05) is 26.7 Å². The fourth-order valence-corrected chi connectivity index (χ4v) is 0.675. The Hall–Kier alpha value is -0.730.